The fourth-order valence-corrected chi connectivity index (χ4v) is 2.90. The Balaban J connectivity index is 2.27. The molecule has 2 rings (SSSR count). The van der Waals surface area contributed by atoms with E-state index in [4.69, 9.17) is 4.74 Å². The molecule has 4 nitrogen and oxygen atoms in total. The number of fused-ring (bicyclic) bond motifs is 1. The molecule has 0 radical (unpaired) electrons. The molecule has 1 unspecified atom stereocenters. The van der Waals surface area contributed by atoms with Crippen LogP contribution in [-0.2, 0) is 24.1 Å². The van der Waals surface area contributed by atoms with Gasteiger partial charge in [-0.05, 0) is 44.2 Å². The Bertz CT molecular complexity index is 508. The van der Waals surface area contributed by atoms with Crippen LogP contribution in [0.25, 0.3) is 0 Å². The van der Waals surface area contributed by atoms with E-state index in [1.807, 2.05) is 4.57 Å². The monoisotopic (exact) mass is 278 g/mol. The molecule has 0 fully saturated rings. The molecule has 0 amide bonds. The van der Waals surface area contributed by atoms with Crippen molar-refractivity contribution in [3.8, 4) is 0 Å². The molecule has 0 bridgehead atoms. The molecule has 0 aromatic carbocycles. The Kier molecular flexibility index (Phi) is 5.38. The van der Waals surface area contributed by atoms with E-state index in [1.165, 1.54) is 17.7 Å². The van der Waals surface area contributed by atoms with E-state index in [0.717, 1.165) is 31.4 Å². The van der Waals surface area contributed by atoms with Crippen LogP contribution in [0.4, 0.5) is 0 Å². The van der Waals surface area contributed by atoms with Crippen molar-refractivity contribution in [1.29, 1.82) is 0 Å². The fraction of sp³-hybridized carbons (Fsp3) is 0.688. The third-order valence-electron chi connectivity index (χ3n) is 4.19. The van der Waals surface area contributed by atoms with Gasteiger partial charge in [-0.3, -0.25) is 4.79 Å². The second-order valence-corrected chi connectivity index (χ2v) is 5.60. The van der Waals surface area contributed by atoms with Crippen molar-refractivity contribution in [3.63, 3.8) is 0 Å². The van der Waals surface area contributed by atoms with E-state index >= 15 is 0 Å². The highest BCUT2D eigenvalue weighted by Gasteiger charge is 2.21. The molecule has 0 saturated carbocycles. The highest BCUT2D eigenvalue weighted by molar-refractivity contribution is 5.31. The van der Waals surface area contributed by atoms with Gasteiger partial charge in [0, 0.05) is 37.5 Å². The number of nitrogens with one attached hydrogen (secondary N) is 1. The first-order valence-corrected chi connectivity index (χ1v) is 7.64. The summed E-state index contributed by atoms with van der Waals surface area (Å²) < 4.78 is 7.05. The molecule has 0 spiro atoms. The van der Waals surface area contributed by atoms with Crippen LogP contribution in [0.15, 0.2) is 10.9 Å². The van der Waals surface area contributed by atoms with Gasteiger partial charge in [0.25, 0.3) is 5.56 Å². The summed E-state index contributed by atoms with van der Waals surface area (Å²) in [4.78, 5) is 12.7. The van der Waals surface area contributed by atoms with Crippen LogP contribution in [0.3, 0.4) is 0 Å². The number of methoxy groups -OCH3 is 1. The molecule has 1 aromatic rings. The second kappa shape index (κ2) is 7.04. The molecular weight excluding hydrogens is 252 g/mol. The van der Waals surface area contributed by atoms with Crippen LogP contribution >= 0.6 is 0 Å². The maximum Gasteiger partial charge on any atom is 0.255 e. The maximum absolute atomic E-state index is 12.7. The van der Waals surface area contributed by atoms with E-state index in [1.54, 1.807) is 7.11 Å². The number of rotatable bonds is 7. The van der Waals surface area contributed by atoms with Crippen LogP contribution < -0.4 is 10.9 Å². The molecule has 1 aromatic heterocycles. The number of ether oxygens (including phenoxy) is 1. The van der Waals surface area contributed by atoms with Crippen molar-refractivity contribution < 1.29 is 4.74 Å². The van der Waals surface area contributed by atoms with Gasteiger partial charge in [0.2, 0.25) is 0 Å². The number of hydrogen-bond acceptors (Lipinski definition) is 3. The average molecular weight is 278 g/mol. The highest BCUT2D eigenvalue weighted by atomic mass is 16.5. The maximum atomic E-state index is 12.7. The van der Waals surface area contributed by atoms with Gasteiger partial charge in [0.15, 0.2) is 0 Å². The third-order valence-corrected chi connectivity index (χ3v) is 4.19. The molecule has 0 aliphatic heterocycles. The van der Waals surface area contributed by atoms with Crippen molar-refractivity contribution in [1.82, 2.24) is 9.88 Å². The van der Waals surface area contributed by atoms with Crippen molar-refractivity contribution in [2.75, 3.05) is 20.3 Å². The van der Waals surface area contributed by atoms with Gasteiger partial charge in [0.05, 0.1) is 6.61 Å². The van der Waals surface area contributed by atoms with Crippen molar-refractivity contribution >= 4 is 0 Å². The van der Waals surface area contributed by atoms with E-state index < -0.39 is 0 Å². The minimum absolute atomic E-state index is 0.185. The number of aromatic nitrogens is 1. The smallest absolute Gasteiger partial charge is 0.255 e. The standard InChI is InChI=1S/C16H26N2O2/c1-4-12(2)18-15-7-5-6-13(15)10-14(16(18)19)11-17-8-9-20-3/h10,12,17H,4-9,11H2,1-3H3. The van der Waals surface area contributed by atoms with Gasteiger partial charge in [0.1, 0.15) is 0 Å². The Hall–Kier alpha value is -1.13. The number of pyridine rings is 1. The molecule has 0 saturated heterocycles. The van der Waals surface area contributed by atoms with Gasteiger partial charge < -0.3 is 14.6 Å². The first kappa shape index (κ1) is 15.3. The van der Waals surface area contributed by atoms with Crippen LogP contribution in [0.5, 0.6) is 0 Å². The lowest BCUT2D eigenvalue weighted by Gasteiger charge is -2.20. The Labute approximate surface area is 121 Å². The van der Waals surface area contributed by atoms with Crippen LogP contribution in [0, 0.1) is 0 Å². The van der Waals surface area contributed by atoms with Gasteiger partial charge in [-0.15, -0.1) is 0 Å². The topological polar surface area (TPSA) is 43.3 Å². The first-order chi connectivity index (χ1) is 9.69. The zero-order valence-electron chi connectivity index (χ0n) is 12.9. The van der Waals surface area contributed by atoms with Crippen LogP contribution in [-0.4, -0.2) is 24.8 Å². The zero-order chi connectivity index (χ0) is 14.5. The predicted molar refractivity (Wildman–Crippen MR) is 81.3 cm³/mol. The molecule has 1 aliphatic rings. The quantitative estimate of drug-likeness (QED) is 0.776. The predicted octanol–water partition coefficient (Wildman–Crippen LogP) is 2.04. The lowest BCUT2D eigenvalue weighted by molar-refractivity contribution is 0.199. The minimum atomic E-state index is 0.185. The van der Waals surface area contributed by atoms with Gasteiger partial charge >= 0.3 is 0 Å². The minimum Gasteiger partial charge on any atom is -0.383 e. The lowest BCUT2D eigenvalue weighted by Crippen LogP contribution is -2.32. The molecule has 1 aliphatic carbocycles. The molecular formula is C16H26N2O2. The normalized spacial score (nSPS) is 15.3. The molecule has 1 atom stereocenters. The number of nitrogens with zero attached hydrogens (tertiary/aromatic N) is 1. The average Bonchev–Trinajstić information content (AvgIpc) is 2.91. The summed E-state index contributed by atoms with van der Waals surface area (Å²) in [5, 5.41) is 3.28. The highest BCUT2D eigenvalue weighted by Crippen LogP contribution is 2.24. The van der Waals surface area contributed by atoms with E-state index in [9.17, 15) is 4.79 Å². The van der Waals surface area contributed by atoms with Gasteiger partial charge in [-0.1, -0.05) is 6.92 Å². The Morgan fingerprint density at radius 1 is 1.45 bits per heavy atom. The summed E-state index contributed by atoms with van der Waals surface area (Å²) >= 11 is 0. The number of aryl methyl sites for hydroxylation is 1. The SMILES string of the molecule is CCC(C)n1c2c(cc(CNCCOC)c1=O)CCC2. The zero-order valence-corrected chi connectivity index (χ0v) is 12.9. The second-order valence-electron chi connectivity index (χ2n) is 5.60. The van der Waals surface area contributed by atoms with Crippen LogP contribution in [0.1, 0.15) is 49.6 Å². The fourth-order valence-electron chi connectivity index (χ4n) is 2.90. The van der Waals surface area contributed by atoms with Crippen molar-refractivity contribution in [2.45, 2.75) is 52.1 Å². The van der Waals surface area contributed by atoms with Gasteiger partial charge in [-0.25, -0.2) is 0 Å². The number of hydrogen-bond donors (Lipinski definition) is 1. The van der Waals surface area contributed by atoms with Crippen molar-refractivity contribution in [3.05, 3.63) is 33.2 Å². The van der Waals surface area contributed by atoms with E-state index in [0.29, 0.717) is 13.2 Å². The summed E-state index contributed by atoms with van der Waals surface area (Å²) in [5.74, 6) is 0. The van der Waals surface area contributed by atoms with Gasteiger partial charge in [-0.2, -0.15) is 0 Å². The Morgan fingerprint density at radius 3 is 2.95 bits per heavy atom. The Morgan fingerprint density at radius 2 is 2.25 bits per heavy atom. The summed E-state index contributed by atoms with van der Waals surface area (Å²) in [5.41, 5.74) is 3.71. The molecule has 4 heteroatoms. The van der Waals surface area contributed by atoms with E-state index in [-0.39, 0.29) is 11.6 Å². The summed E-state index contributed by atoms with van der Waals surface area (Å²) in [6.45, 7) is 6.36. The largest absolute Gasteiger partial charge is 0.383 e. The lowest BCUT2D eigenvalue weighted by atomic mass is 10.1. The molecule has 1 N–H and O–H groups in total. The van der Waals surface area contributed by atoms with Crippen molar-refractivity contribution in [2.24, 2.45) is 0 Å². The summed E-state index contributed by atoms with van der Waals surface area (Å²) in [7, 11) is 1.69. The molecule has 112 valence electrons. The first-order valence-electron chi connectivity index (χ1n) is 7.64. The molecule has 20 heavy (non-hydrogen) atoms. The summed E-state index contributed by atoms with van der Waals surface area (Å²) in [6.07, 6.45) is 4.32. The molecule has 1 heterocycles. The van der Waals surface area contributed by atoms with E-state index in [2.05, 4.69) is 25.2 Å². The summed E-state index contributed by atoms with van der Waals surface area (Å²) in [6, 6.07) is 2.40. The third kappa shape index (κ3) is 3.13. The van der Waals surface area contributed by atoms with Crippen LogP contribution in [0.2, 0.25) is 0 Å².